The van der Waals surface area contributed by atoms with Crippen molar-refractivity contribution < 1.29 is 25.5 Å². The quantitative estimate of drug-likeness (QED) is 0.284. The Kier molecular flexibility index (Phi) is 6.52. The monoisotopic (exact) mass is 442 g/mol. The van der Waals surface area contributed by atoms with Crippen LogP contribution in [0.25, 0.3) is 0 Å². The summed E-state index contributed by atoms with van der Waals surface area (Å²) in [6.45, 7) is -0.110. The predicted octanol–water partition coefficient (Wildman–Crippen LogP) is 4.77. The van der Waals surface area contributed by atoms with Crippen molar-refractivity contribution in [2.75, 3.05) is 0 Å². The van der Waals surface area contributed by atoms with Crippen LogP contribution in [0.2, 0.25) is 0 Å². The highest BCUT2D eigenvalue weighted by Crippen LogP contribution is 2.32. The molecule has 4 aromatic carbocycles. The van der Waals surface area contributed by atoms with Gasteiger partial charge in [0.25, 0.3) is 0 Å². The molecule has 0 atom stereocenters. The van der Waals surface area contributed by atoms with Crippen molar-refractivity contribution in [3.8, 4) is 23.0 Å². The van der Waals surface area contributed by atoms with E-state index in [1.807, 2.05) is 36.4 Å². The molecule has 0 aliphatic heterocycles. The Morgan fingerprint density at radius 1 is 0.455 bits per heavy atom. The molecule has 0 radical (unpaired) electrons. The highest BCUT2D eigenvalue weighted by atomic mass is 16.3. The third-order valence-electron chi connectivity index (χ3n) is 5.71. The average Bonchev–Trinajstić information content (AvgIpc) is 2.81. The van der Waals surface area contributed by atoms with Crippen molar-refractivity contribution >= 4 is 0 Å². The fraction of sp³-hybridized carbons (Fsp3) is 0.143. The van der Waals surface area contributed by atoms with Crippen LogP contribution < -0.4 is 0 Å². The molecule has 0 aliphatic carbocycles. The van der Waals surface area contributed by atoms with Gasteiger partial charge in [0.05, 0.1) is 6.61 Å². The first-order valence-corrected chi connectivity index (χ1v) is 10.7. The van der Waals surface area contributed by atoms with Gasteiger partial charge in [-0.2, -0.15) is 0 Å². The van der Waals surface area contributed by atoms with E-state index in [1.165, 1.54) is 0 Å². The molecular weight excluding hydrogens is 416 g/mol. The first-order chi connectivity index (χ1) is 15.9. The molecule has 0 bridgehead atoms. The van der Waals surface area contributed by atoms with Crippen molar-refractivity contribution in [1.29, 1.82) is 0 Å². The van der Waals surface area contributed by atoms with Gasteiger partial charge in [-0.15, -0.1) is 0 Å². The molecule has 4 aromatic rings. The van der Waals surface area contributed by atoms with Gasteiger partial charge in [0.15, 0.2) is 0 Å². The van der Waals surface area contributed by atoms with Crippen molar-refractivity contribution in [3.05, 3.63) is 118 Å². The molecule has 0 saturated carbocycles. The fourth-order valence-electron chi connectivity index (χ4n) is 3.97. The van der Waals surface area contributed by atoms with E-state index in [-0.39, 0.29) is 29.6 Å². The van der Waals surface area contributed by atoms with E-state index in [0.717, 1.165) is 33.4 Å². The molecule has 0 aliphatic rings. The van der Waals surface area contributed by atoms with Gasteiger partial charge in [-0.3, -0.25) is 0 Å². The van der Waals surface area contributed by atoms with Crippen LogP contribution in [-0.4, -0.2) is 25.5 Å². The third-order valence-corrected chi connectivity index (χ3v) is 5.71. The molecule has 4 rings (SSSR count). The zero-order valence-corrected chi connectivity index (χ0v) is 18.1. The van der Waals surface area contributed by atoms with Gasteiger partial charge in [-0.1, -0.05) is 42.5 Å². The largest absolute Gasteiger partial charge is 0.508 e. The molecule has 33 heavy (non-hydrogen) atoms. The molecule has 0 unspecified atom stereocenters. The van der Waals surface area contributed by atoms with E-state index in [2.05, 4.69) is 0 Å². The van der Waals surface area contributed by atoms with Crippen LogP contribution in [0.3, 0.4) is 0 Å². The van der Waals surface area contributed by atoms with Crippen molar-refractivity contribution in [3.63, 3.8) is 0 Å². The number of aliphatic hydroxyl groups excluding tert-OH is 1. The number of benzene rings is 4. The zero-order chi connectivity index (χ0) is 23.4. The molecule has 5 N–H and O–H groups in total. The number of aliphatic hydroxyl groups is 1. The Bertz CT molecular complexity index is 1180. The molecule has 5 nitrogen and oxygen atoms in total. The number of hydrogen-bond donors (Lipinski definition) is 5. The number of rotatable bonds is 7. The van der Waals surface area contributed by atoms with Crippen LogP contribution in [0.5, 0.6) is 23.0 Å². The Labute approximate surface area is 192 Å². The number of hydrogen-bond acceptors (Lipinski definition) is 5. The second-order valence-corrected chi connectivity index (χ2v) is 8.25. The van der Waals surface area contributed by atoms with Crippen LogP contribution >= 0.6 is 0 Å². The Morgan fingerprint density at radius 3 is 1.36 bits per heavy atom. The Balaban J connectivity index is 1.73. The molecule has 0 heterocycles. The fourth-order valence-corrected chi connectivity index (χ4v) is 3.97. The summed E-state index contributed by atoms with van der Waals surface area (Å²) in [7, 11) is 0. The van der Waals surface area contributed by atoms with E-state index in [0.29, 0.717) is 24.8 Å². The summed E-state index contributed by atoms with van der Waals surface area (Å²) in [5, 5.41) is 50.0. The maximum Gasteiger partial charge on any atom is 0.122 e. The molecule has 0 aromatic heterocycles. The maximum absolute atomic E-state index is 11.1. The minimum absolute atomic E-state index is 0.110. The smallest absolute Gasteiger partial charge is 0.122 e. The third kappa shape index (κ3) is 5.45. The van der Waals surface area contributed by atoms with Crippen molar-refractivity contribution in [2.45, 2.75) is 25.9 Å². The first kappa shape index (κ1) is 22.2. The van der Waals surface area contributed by atoms with Gasteiger partial charge in [0.1, 0.15) is 23.0 Å². The molecule has 0 fully saturated rings. The van der Waals surface area contributed by atoms with Gasteiger partial charge in [0.2, 0.25) is 0 Å². The average molecular weight is 443 g/mol. The Morgan fingerprint density at radius 2 is 0.879 bits per heavy atom. The predicted molar refractivity (Wildman–Crippen MR) is 127 cm³/mol. The maximum atomic E-state index is 11.1. The molecular formula is C28H26O5. The highest BCUT2D eigenvalue weighted by Gasteiger charge is 2.14. The van der Waals surface area contributed by atoms with E-state index >= 15 is 0 Å². The van der Waals surface area contributed by atoms with Crippen LogP contribution in [0.4, 0.5) is 0 Å². The lowest BCUT2D eigenvalue weighted by Gasteiger charge is -2.15. The summed E-state index contributed by atoms with van der Waals surface area (Å²) in [5.41, 5.74) is 5.70. The van der Waals surface area contributed by atoms with Gasteiger partial charge >= 0.3 is 0 Å². The number of phenols is 4. The van der Waals surface area contributed by atoms with Crippen LogP contribution in [0, 0.1) is 0 Å². The van der Waals surface area contributed by atoms with E-state index < -0.39 is 0 Å². The van der Waals surface area contributed by atoms with Crippen molar-refractivity contribution in [1.82, 2.24) is 0 Å². The molecule has 0 spiro atoms. The lowest BCUT2D eigenvalue weighted by atomic mass is 9.92. The normalized spacial score (nSPS) is 10.9. The van der Waals surface area contributed by atoms with Gasteiger partial charge in [-0.05, 0) is 75.3 Å². The molecule has 168 valence electrons. The van der Waals surface area contributed by atoms with Gasteiger partial charge in [-0.25, -0.2) is 0 Å². The summed E-state index contributed by atoms with van der Waals surface area (Å²) in [5.74, 6) is 0.724. The van der Waals surface area contributed by atoms with Crippen molar-refractivity contribution in [2.24, 2.45) is 0 Å². The van der Waals surface area contributed by atoms with E-state index in [1.54, 1.807) is 42.5 Å². The second-order valence-electron chi connectivity index (χ2n) is 8.25. The topological polar surface area (TPSA) is 101 Å². The highest BCUT2D eigenvalue weighted by molar-refractivity contribution is 5.50. The van der Waals surface area contributed by atoms with Crippen LogP contribution in [-0.2, 0) is 25.9 Å². The Hall–Kier alpha value is -3.96. The molecule has 0 saturated heterocycles. The summed E-state index contributed by atoms with van der Waals surface area (Å²) >= 11 is 0. The zero-order valence-electron chi connectivity index (χ0n) is 18.1. The molecule has 5 heteroatoms. The number of aromatic hydroxyl groups is 4. The van der Waals surface area contributed by atoms with Crippen LogP contribution in [0.15, 0.2) is 78.9 Å². The first-order valence-electron chi connectivity index (χ1n) is 10.7. The van der Waals surface area contributed by atoms with Gasteiger partial charge < -0.3 is 25.5 Å². The van der Waals surface area contributed by atoms with Gasteiger partial charge in [0, 0.05) is 19.3 Å². The minimum atomic E-state index is -0.110. The minimum Gasteiger partial charge on any atom is -0.508 e. The summed E-state index contributed by atoms with van der Waals surface area (Å²) in [4.78, 5) is 0. The second kappa shape index (κ2) is 9.67. The van der Waals surface area contributed by atoms with E-state index in [4.69, 9.17) is 0 Å². The van der Waals surface area contributed by atoms with E-state index in [9.17, 15) is 25.5 Å². The standard InChI is InChI=1S/C28H26O5/c29-17-20-5-10-27(32)22(13-20)14-21-15-23(11-18-1-6-25(30)7-2-18)28(33)24(16-21)12-19-3-8-26(31)9-4-19/h1-10,13,15-16,29-33H,11-12,14,17H2. The number of phenolic OH excluding ortho intramolecular Hbond substituents is 4. The summed E-state index contributed by atoms with van der Waals surface area (Å²) in [6.07, 6.45) is 1.39. The lowest BCUT2D eigenvalue weighted by Crippen LogP contribution is -2.00. The van der Waals surface area contributed by atoms with Crippen LogP contribution in [0.1, 0.15) is 38.9 Å². The molecule has 0 amide bonds. The lowest BCUT2D eigenvalue weighted by molar-refractivity contribution is 0.281. The summed E-state index contributed by atoms with van der Waals surface area (Å²) < 4.78 is 0. The summed E-state index contributed by atoms with van der Waals surface area (Å²) in [6, 6.07) is 22.6. The SMILES string of the molecule is OCc1ccc(O)c(Cc2cc(Cc3ccc(O)cc3)c(O)c(Cc3ccc(O)cc3)c2)c1.